The van der Waals surface area contributed by atoms with E-state index in [0.717, 1.165) is 28.8 Å². The van der Waals surface area contributed by atoms with Crippen LogP contribution < -0.4 is 14.9 Å². The Morgan fingerprint density at radius 1 is 1.23 bits per heavy atom. The first-order valence-corrected chi connectivity index (χ1v) is 10.6. The molecule has 30 heavy (non-hydrogen) atoms. The molecule has 0 spiro atoms. The molecule has 0 saturated carbocycles. The highest BCUT2D eigenvalue weighted by molar-refractivity contribution is 8.26. The maximum atomic E-state index is 12.8. The monoisotopic (exact) mass is 442 g/mol. The van der Waals surface area contributed by atoms with Crippen molar-refractivity contribution in [2.75, 3.05) is 7.11 Å². The fourth-order valence-corrected chi connectivity index (χ4v) is 3.82. The summed E-state index contributed by atoms with van der Waals surface area (Å²) in [7, 11) is 1.57. The van der Waals surface area contributed by atoms with Crippen molar-refractivity contribution in [3.8, 4) is 11.5 Å². The van der Waals surface area contributed by atoms with Crippen LogP contribution in [0.25, 0.3) is 6.08 Å². The third-order valence-electron chi connectivity index (χ3n) is 4.43. The van der Waals surface area contributed by atoms with Crippen LogP contribution in [-0.4, -0.2) is 34.4 Å². The molecule has 1 atom stereocenters. The van der Waals surface area contributed by atoms with E-state index in [1.807, 2.05) is 32.0 Å². The van der Waals surface area contributed by atoms with Crippen molar-refractivity contribution in [2.45, 2.75) is 26.4 Å². The van der Waals surface area contributed by atoms with Crippen LogP contribution in [0.5, 0.6) is 11.5 Å². The summed E-state index contributed by atoms with van der Waals surface area (Å²) < 4.78 is 11.5. The van der Waals surface area contributed by atoms with Gasteiger partial charge in [-0.15, -0.1) is 0 Å². The predicted molar refractivity (Wildman–Crippen MR) is 122 cm³/mol. The lowest BCUT2D eigenvalue weighted by Gasteiger charge is -2.16. The van der Waals surface area contributed by atoms with Gasteiger partial charge in [0.25, 0.3) is 11.8 Å². The first-order chi connectivity index (χ1) is 14.4. The lowest BCUT2D eigenvalue weighted by molar-refractivity contribution is -0.123. The third-order valence-corrected chi connectivity index (χ3v) is 5.73. The van der Waals surface area contributed by atoms with E-state index in [9.17, 15) is 9.59 Å². The minimum atomic E-state index is -0.402. The molecule has 2 amide bonds. The number of hydrogen-bond acceptors (Lipinski definition) is 6. The molecule has 1 heterocycles. The number of carbonyl (C=O) groups excluding carboxylic acids is 2. The Kier molecular flexibility index (Phi) is 7.12. The van der Waals surface area contributed by atoms with Crippen LogP contribution in [0, 0.1) is 0 Å². The van der Waals surface area contributed by atoms with Gasteiger partial charge < -0.3 is 9.47 Å². The lowest BCUT2D eigenvalue weighted by atomic mass is 10.1. The Morgan fingerprint density at radius 3 is 2.63 bits per heavy atom. The molecule has 0 aromatic heterocycles. The van der Waals surface area contributed by atoms with Gasteiger partial charge in [0.15, 0.2) is 15.8 Å². The molecular weight excluding hydrogens is 420 g/mol. The summed E-state index contributed by atoms with van der Waals surface area (Å²) in [6.07, 6.45) is 2.65. The van der Waals surface area contributed by atoms with E-state index in [-0.39, 0.29) is 16.3 Å². The molecule has 0 aliphatic carbocycles. The zero-order valence-electron chi connectivity index (χ0n) is 16.9. The molecule has 1 N–H and O–H groups in total. The predicted octanol–water partition coefficient (Wildman–Crippen LogP) is 4.42. The van der Waals surface area contributed by atoms with Crippen molar-refractivity contribution in [3.63, 3.8) is 0 Å². The van der Waals surface area contributed by atoms with Gasteiger partial charge in [-0.3, -0.25) is 15.0 Å². The van der Waals surface area contributed by atoms with Gasteiger partial charge in [0, 0.05) is 5.56 Å². The molecule has 0 bridgehead atoms. The lowest BCUT2D eigenvalue weighted by Crippen LogP contribution is -2.44. The fraction of sp³-hybridized carbons (Fsp3) is 0.227. The Balaban J connectivity index is 1.77. The van der Waals surface area contributed by atoms with Crippen LogP contribution in [0.4, 0.5) is 0 Å². The highest BCUT2D eigenvalue weighted by Crippen LogP contribution is 2.34. The molecule has 2 aromatic carbocycles. The van der Waals surface area contributed by atoms with Gasteiger partial charge in [0.1, 0.15) is 0 Å². The molecule has 1 aliphatic heterocycles. The number of benzene rings is 2. The number of methoxy groups -OCH3 is 1. The van der Waals surface area contributed by atoms with E-state index < -0.39 is 5.91 Å². The van der Waals surface area contributed by atoms with E-state index in [2.05, 4.69) is 5.43 Å². The van der Waals surface area contributed by atoms with Gasteiger partial charge in [-0.05, 0) is 61.5 Å². The minimum Gasteiger partial charge on any atom is -0.493 e. The Bertz CT molecular complexity index is 992. The van der Waals surface area contributed by atoms with Crippen LogP contribution >= 0.6 is 24.0 Å². The zero-order chi connectivity index (χ0) is 21.7. The first-order valence-electron chi connectivity index (χ1n) is 9.41. The molecule has 6 nitrogen and oxygen atoms in total. The second kappa shape index (κ2) is 9.77. The van der Waals surface area contributed by atoms with Gasteiger partial charge in [0.05, 0.1) is 18.1 Å². The summed E-state index contributed by atoms with van der Waals surface area (Å²) in [6, 6.07) is 14.1. The molecule has 8 heteroatoms. The molecule has 0 radical (unpaired) electrons. The van der Waals surface area contributed by atoms with Gasteiger partial charge in [-0.2, -0.15) is 5.01 Å². The van der Waals surface area contributed by atoms with Crippen molar-refractivity contribution in [2.24, 2.45) is 0 Å². The largest absolute Gasteiger partial charge is 0.493 e. The summed E-state index contributed by atoms with van der Waals surface area (Å²) in [5.74, 6) is 0.443. The van der Waals surface area contributed by atoms with Gasteiger partial charge in [0.2, 0.25) is 0 Å². The normalized spacial score (nSPS) is 16.0. The number of hydrogen-bond donors (Lipinski definition) is 1. The number of hydrazine groups is 1. The van der Waals surface area contributed by atoms with Crippen LogP contribution in [0.2, 0.25) is 0 Å². The number of amides is 2. The van der Waals surface area contributed by atoms with Crippen molar-refractivity contribution < 1.29 is 19.1 Å². The summed E-state index contributed by atoms with van der Waals surface area (Å²) in [5.41, 5.74) is 3.77. The van der Waals surface area contributed by atoms with Crippen LogP contribution in [0.3, 0.4) is 0 Å². The minimum absolute atomic E-state index is 0.0641. The molecular formula is C22H22N2O4S2. The highest BCUT2D eigenvalue weighted by Gasteiger charge is 2.33. The second-order valence-corrected chi connectivity index (χ2v) is 8.25. The first kappa shape index (κ1) is 21.9. The van der Waals surface area contributed by atoms with Gasteiger partial charge >= 0.3 is 0 Å². The average molecular weight is 443 g/mol. The zero-order valence-corrected chi connectivity index (χ0v) is 18.5. The standard InChI is InChI=1S/C22H22N2O4S2/c1-4-14(2)28-17-11-10-15(12-18(17)27-3)13-19-21(26)24(22(29)30-19)23-20(25)16-8-6-5-7-9-16/h5-14H,4H2,1-3H3,(H,23,25)/b19-13-/t14-/m1/s1. The smallest absolute Gasteiger partial charge is 0.285 e. The van der Waals surface area contributed by atoms with Gasteiger partial charge in [-0.25, -0.2) is 0 Å². The van der Waals surface area contributed by atoms with E-state index in [1.54, 1.807) is 43.5 Å². The Hall–Kier alpha value is -2.84. The van der Waals surface area contributed by atoms with E-state index in [0.29, 0.717) is 22.0 Å². The molecule has 2 aromatic rings. The number of thiocarbonyl (C=S) groups is 1. The second-order valence-electron chi connectivity index (χ2n) is 6.57. The topological polar surface area (TPSA) is 67.9 Å². The van der Waals surface area contributed by atoms with Crippen molar-refractivity contribution >= 4 is 46.2 Å². The fourth-order valence-electron chi connectivity index (χ4n) is 2.64. The van der Waals surface area contributed by atoms with Crippen molar-refractivity contribution in [3.05, 3.63) is 64.6 Å². The number of nitrogens with one attached hydrogen (secondary N) is 1. The number of ether oxygens (including phenoxy) is 2. The summed E-state index contributed by atoms with van der Waals surface area (Å²) in [4.78, 5) is 25.5. The molecule has 1 saturated heterocycles. The van der Waals surface area contributed by atoms with E-state index in [1.165, 1.54) is 0 Å². The third kappa shape index (κ3) is 5.01. The highest BCUT2D eigenvalue weighted by atomic mass is 32.2. The summed E-state index contributed by atoms with van der Waals surface area (Å²) >= 11 is 6.41. The maximum Gasteiger partial charge on any atom is 0.285 e. The number of carbonyl (C=O) groups is 2. The SMILES string of the molecule is CC[C@@H](C)Oc1ccc(/C=C2\SC(=S)N(NC(=O)c3ccccc3)C2=O)cc1OC. The molecule has 1 aliphatic rings. The van der Waals surface area contributed by atoms with Gasteiger partial charge in [-0.1, -0.05) is 43.0 Å². The molecule has 0 unspecified atom stereocenters. The van der Waals surface area contributed by atoms with Crippen LogP contribution in [0.1, 0.15) is 36.2 Å². The van der Waals surface area contributed by atoms with Crippen LogP contribution in [0.15, 0.2) is 53.4 Å². The van der Waals surface area contributed by atoms with Crippen molar-refractivity contribution in [1.82, 2.24) is 10.4 Å². The Morgan fingerprint density at radius 2 is 1.97 bits per heavy atom. The van der Waals surface area contributed by atoms with Crippen LogP contribution in [-0.2, 0) is 4.79 Å². The summed E-state index contributed by atoms with van der Waals surface area (Å²) in [6.45, 7) is 4.03. The maximum absolute atomic E-state index is 12.8. The quantitative estimate of drug-likeness (QED) is 0.506. The van der Waals surface area contributed by atoms with E-state index >= 15 is 0 Å². The number of rotatable bonds is 7. The van der Waals surface area contributed by atoms with E-state index in [4.69, 9.17) is 21.7 Å². The Labute approximate surface area is 185 Å². The number of thioether (sulfide) groups is 1. The number of nitrogens with zero attached hydrogens (tertiary/aromatic N) is 1. The van der Waals surface area contributed by atoms with Crippen molar-refractivity contribution in [1.29, 1.82) is 0 Å². The average Bonchev–Trinajstić information content (AvgIpc) is 3.02. The summed E-state index contributed by atoms with van der Waals surface area (Å²) in [5, 5.41) is 1.10. The molecule has 156 valence electrons. The molecule has 1 fully saturated rings. The molecule has 3 rings (SSSR count).